The lowest BCUT2D eigenvalue weighted by Gasteiger charge is -2.62. The summed E-state index contributed by atoms with van der Waals surface area (Å²) in [5.74, 6) is 5.85. The number of fused-ring (bicyclic) bond motifs is 5. The van der Waals surface area contributed by atoms with Gasteiger partial charge in [0.1, 0.15) is 0 Å². The molecule has 4 aliphatic rings. The molecule has 1 nitrogen and oxygen atoms in total. The van der Waals surface area contributed by atoms with E-state index in [1.54, 1.807) is 0 Å². The minimum absolute atomic E-state index is 0.0172. The first-order valence-electron chi connectivity index (χ1n) is 13.0. The maximum Gasteiger partial charge on any atom is 0.0576 e. The average molecular weight is 389 g/mol. The summed E-state index contributed by atoms with van der Waals surface area (Å²) in [7, 11) is 0. The first-order valence-corrected chi connectivity index (χ1v) is 13.0. The maximum absolute atomic E-state index is 11.2. The molecule has 0 saturated heterocycles. The molecule has 0 aliphatic heterocycles. The maximum atomic E-state index is 11.2. The van der Waals surface area contributed by atoms with Crippen molar-refractivity contribution >= 4 is 0 Å². The zero-order chi connectivity index (χ0) is 20.1. The van der Waals surface area contributed by atoms with E-state index in [-0.39, 0.29) is 6.10 Å². The monoisotopic (exact) mass is 388 g/mol. The van der Waals surface area contributed by atoms with Crippen LogP contribution in [0.25, 0.3) is 0 Å². The van der Waals surface area contributed by atoms with Gasteiger partial charge in [-0.15, -0.1) is 0 Å². The van der Waals surface area contributed by atoms with Crippen LogP contribution in [0.2, 0.25) is 0 Å². The fourth-order valence-corrected chi connectivity index (χ4v) is 9.38. The smallest absolute Gasteiger partial charge is 0.0576 e. The Bertz CT molecular complexity index is 540. The molecule has 0 aromatic carbocycles. The molecule has 4 saturated carbocycles. The van der Waals surface area contributed by atoms with Gasteiger partial charge in [-0.25, -0.2) is 0 Å². The second-order valence-corrected chi connectivity index (χ2v) is 12.6. The summed E-state index contributed by atoms with van der Waals surface area (Å²) >= 11 is 0. The molecule has 0 radical (unpaired) electrons. The molecule has 0 heterocycles. The van der Waals surface area contributed by atoms with Gasteiger partial charge in [0.2, 0.25) is 0 Å². The number of hydrogen-bond donors (Lipinski definition) is 1. The Kier molecular flexibility index (Phi) is 5.98. The van der Waals surface area contributed by atoms with Crippen molar-refractivity contribution in [2.24, 2.45) is 52.3 Å². The quantitative estimate of drug-likeness (QED) is 0.518. The van der Waals surface area contributed by atoms with Crippen LogP contribution in [0.1, 0.15) is 112 Å². The van der Waals surface area contributed by atoms with Gasteiger partial charge in [0.05, 0.1) is 6.10 Å². The second kappa shape index (κ2) is 7.90. The van der Waals surface area contributed by atoms with Crippen LogP contribution in [0.3, 0.4) is 0 Å². The number of aliphatic hydroxyl groups excluding tert-OH is 1. The lowest BCUT2D eigenvalue weighted by Crippen LogP contribution is -2.57. The molecule has 1 heteroatoms. The van der Waals surface area contributed by atoms with Crippen molar-refractivity contribution in [1.82, 2.24) is 0 Å². The molecule has 9 atom stereocenters. The summed E-state index contributed by atoms with van der Waals surface area (Å²) in [6.45, 7) is 12.6. The van der Waals surface area contributed by atoms with Crippen LogP contribution in [-0.4, -0.2) is 11.2 Å². The highest BCUT2D eigenvalue weighted by Gasteiger charge is 2.61. The lowest BCUT2D eigenvalue weighted by atomic mass is 9.44. The molecule has 162 valence electrons. The van der Waals surface area contributed by atoms with Crippen LogP contribution < -0.4 is 0 Å². The first kappa shape index (κ1) is 21.2. The average Bonchev–Trinajstić information content (AvgIpc) is 2.99. The van der Waals surface area contributed by atoms with Crippen molar-refractivity contribution in [2.75, 3.05) is 0 Å². The van der Waals surface area contributed by atoms with Gasteiger partial charge in [0.15, 0.2) is 0 Å². The van der Waals surface area contributed by atoms with E-state index in [2.05, 4.69) is 34.6 Å². The predicted octanol–water partition coefficient (Wildman–Crippen LogP) is 7.47. The van der Waals surface area contributed by atoms with Crippen LogP contribution in [0.15, 0.2) is 0 Å². The zero-order valence-corrected chi connectivity index (χ0v) is 19.6. The highest BCUT2D eigenvalue weighted by molar-refractivity contribution is 5.10. The van der Waals surface area contributed by atoms with Crippen LogP contribution in [0.5, 0.6) is 0 Å². The van der Waals surface area contributed by atoms with E-state index in [1.807, 2.05) is 0 Å². The highest BCUT2D eigenvalue weighted by Crippen LogP contribution is 2.68. The molecule has 4 aliphatic carbocycles. The van der Waals surface area contributed by atoms with E-state index in [4.69, 9.17) is 0 Å². The second-order valence-electron chi connectivity index (χ2n) is 12.6. The summed E-state index contributed by atoms with van der Waals surface area (Å²) in [5.41, 5.74) is 0.985. The predicted molar refractivity (Wildman–Crippen MR) is 119 cm³/mol. The van der Waals surface area contributed by atoms with Gasteiger partial charge in [-0.3, -0.25) is 0 Å². The van der Waals surface area contributed by atoms with E-state index in [1.165, 1.54) is 70.6 Å². The van der Waals surface area contributed by atoms with E-state index in [0.29, 0.717) is 16.7 Å². The van der Waals surface area contributed by atoms with Crippen LogP contribution in [0, 0.1) is 52.3 Å². The Hall–Kier alpha value is -0.0400. The third kappa shape index (κ3) is 3.40. The van der Waals surface area contributed by atoms with Crippen molar-refractivity contribution in [3.05, 3.63) is 0 Å². The molecular formula is C27H48O. The Morgan fingerprint density at radius 3 is 2.32 bits per heavy atom. The molecule has 0 spiro atoms. The van der Waals surface area contributed by atoms with E-state index >= 15 is 0 Å². The molecule has 4 rings (SSSR count). The molecule has 0 unspecified atom stereocenters. The molecule has 28 heavy (non-hydrogen) atoms. The molecule has 1 N–H and O–H groups in total. The largest absolute Gasteiger partial charge is 0.393 e. The molecule has 0 aromatic rings. The van der Waals surface area contributed by atoms with E-state index in [9.17, 15) is 5.11 Å². The Balaban J connectivity index is 1.49. The van der Waals surface area contributed by atoms with Crippen LogP contribution in [0.4, 0.5) is 0 Å². The fraction of sp³-hybridized carbons (Fsp3) is 1.00. The number of hydrogen-bond acceptors (Lipinski definition) is 1. The summed E-state index contributed by atoms with van der Waals surface area (Å²) in [5, 5.41) is 11.2. The molecule has 0 amide bonds. The van der Waals surface area contributed by atoms with E-state index < -0.39 is 0 Å². The van der Waals surface area contributed by atoms with Gasteiger partial charge < -0.3 is 5.11 Å². The molecule has 4 fully saturated rings. The van der Waals surface area contributed by atoms with Crippen molar-refractivity contribution in [1.29, 1.82) is 0 Å². The SMILES string of the molecule is CC(C)CCC[C@@H](C)[C@@H]1CC[C@@H]2[C@@H]3C[C@H](O)[C@H]4CCCC[C@]4(C)[C@@H]3CC[C@]21C. The third-order valence-electron chi connectivity index (χ3n) is 10.8. The summed E-state index contributed by atoms with van der Waals surface area (Å²) < 4.78 is 0. The third-order valence-corrected chi connectivity index (χ3v) is 10.8. The number of aliphatic hydroxyl groups is 1. The summed E-state index contributed by atoms with van der Waals surface area (Å²) in [6, 6.07) is 0. The number of rotatable bonds is 5. The van der Waals surface area contributed by atoms with E-state index in [0.717, 1.165) is 41.9 Å². The molecule has 0 bridgehead atoms. The van der Waals surface area contributed by atoms with Crippen LogP contribution in [-0.2, 0) is 0 Å². The topological polar surface area (TPSA) is 20.2 Å². The van der Waals surface area contributed by atoms with Crippen molar-refractivity contribution in [3.63, 3.8) is 0 Å². The summed E-state index contributed by atoms with van der Waals surface area (Å²) in [6.07, 6.45) is 16.6. The fourth-order valence-electron chi connectivity index (χ4n) is 9.38. The van der Waals surface area contributed by atoms with Crippen molar-refractivity contribution < 1.29 is 5.11 Å². The molecule has 0 aromatic heterocycles. The van der Waals surface area contributed by atoms with Gasteiger partial charge in [-0.1, -0.05) is 66.7 Å². The normalized spacial score (nSPS) is 49.4. The molecular weight excluding hydrogens is 340 g/mol. The van der Waals surface area contributed by atoms with Gasteiger partial charge in [0, 0.05) is 0 Å². The Morgan fingerprint density at radius 1 is 0.821 bits per heavy atom. The minimum Gasteiger partial charge on any atom is -0.393 e. The minimum atomic E-state index is -0.0172. The Morgan fingerprint density at radius 2 is 1.57 bits per heavy atom. The standard InChI is InChI=1S/C27H48O/c1-18(2)9-8-10-19(3)21-12-13-22-20-17-25(28)24-11-6-7-15-26(24,4)23(20)14-16-27(21,22)5/h18-25,28H,6-17H2,1-5H3/t19-,20+,21+,22-,23-,24-,25+,26-,27+/m1/s1. The first-order chi connectivity index (χ1) is 13.3. The van der Waals surface area contributed by atoms with Gasteiger partial charge in [-0.05, 0) is 97.2 Å². The van der Waals surface area contributed by atoms with Gasteiger partial charge in [-0.2, -0.15) is 0 Å². The Labute approximate surface area is 175 Å². The van der Waals surface area contributed by atoms with Crippen molar-refractivity contribution in [3.8, 4) is 0 Å². The zero-order valence-electron chi connectivity index (χ0n) is 19.6. The van der Waals surface area contributed by atoms with Gasteiger partial charge in [0.25, 0.3) is 0 Å². The van der Waals surface area contributed by atoms with Gasteiger partial charge >= 0.3 is 0 Å². The van der Waals surface area contributed by atoms with Crippen molar-refractivity contribution in [2.45, 2.75) is 118 Å². The highest BCUT2D eigenvalue weighted by atomic mass is 16.3. The summed E-state index contributed by atoms with van der Waals surface area (Å²) in [4.78, 5) is 0. The lowest BCUT2D eigenvalue weighted by molar-refractivity contribution is -0.159. The van der Waals surface area contributed by atoms with Crippen LogP contribution >= 0.6 is 0 Å².